The maximum Gasteiger partial charge on any atom is 0.224 e. The van der Waals surface area contributed by atoms with Crippen LogP contribution in [0.3, 0.4) is 0 Å². The Bertz CT molecular complexity index is 902. The summed E-state index contributed by atoms with van der Waals surface area (Å²) in [6.07, 6.45) is 1.90. The van der Waals surface area contributed by atoms with Gasteiger partial charge < -0.3 is 10.6 Å². The van der Waals surface area contributed by atoms with E-state index in [1.165, 1.54) is 5.56 Å². The minimum atomic E-state index is -0.129. The van der Waals surface area contributed by atoms with Gasteiger partial charge in [0, 0.05) is 24.7 Å². The van der Waals surface area contributed by atoms with Crippen molar-refractivity contribution >= 4 is 22.6 Å². The molecule has 0 aliphatic rings. The number of anilines is 1. The monoisotopic (exact) mass is 351 g/mol. The molecule has 6 heteroatoms. The highest BCUT2D eigenvalue weighted by atomic mass is 16.1. The van der Waals surface area contributed by atoms with Crippen molar-refractivity contribution in [3.05, 3.63) is 53.9 Å². The third kappa shape index (κ3) is 4.39. The van der Waals surface area contributed by atoms with E-state index < -0.39 is 0 Å². The van der Waals surface area contributed by atoms with Crippen LogP contribution in [0.25, 0.3) is 10.9 Å². The predicted molar refractivity (Wildman–Crippen MR) is 104 cm³/mol. The lowest BCUT2D eigenvalue weighted by Crippen LogP contribution is -2.34. The molecule has 3 aromatic rings. The van der Waals surface area contributed by atoms with Crippen LogP contribution in [-0.4, -0.2) is 33.8 Å². The Hall–Kier alpha value is -2.89. The molecular weight excluding hydrogens is 326 g/mol. The predicted octanol–water partition coefficient (Wildman–Crippen LogP) is 2.91. The second kappa shape index (κ2) is 7.99. The van der Waals surface area contributed by atoms with Crippen LogP contribution >= 0.6 is 0 Å². The molecule has 6 nitrogen and oxygen atoms in total. The van der Waals surface area contributed by atoms with Crippen molar-refractivity contribution in [1.29, 1.82) is 0 Å². The number of pyridine rings is 1. The fourth-order valence-electron chi connectivity index (χ4n) is 2.92. The van der Waals surface area contributed by atoms with Gasteiger partial charge in [-0.3, -0.25) is 9.48 Å². The van der Waals surface area contributed by atoms with E-state index in [9.17, 15) is 4.79 Å². The van der Waals surface area contributed by atoms with E-state index in [1.807, 2.05) is 50.4 Å². The zero-order chi connectivity index (χ0) is 18.5. The minimum Gasteiger partial charge on any atom is -0.368 e. The van der Waals surface area contributed by atoms with Crippen LogP contribution in [0.5, 0.6) is 0 Å². The quantitative estimate of drug-likeness (QED) is 0.642. The number of hydrogen-bond donors (Lipinski definition) is 2. The molecule has 1 amide bonds. The minimum absolute atomic E-state index is 0.0302. The molecule has 1 aromatic carbocycles. The fraction of sp³-hybridized carbons (Fsp3) is 0.350. The van der Waals surface area contributed by atoms with Gasteiger partial charge >= 0.3 is 0 Å². The highest BCUT2D eigenvalue weighted by Crippen LogP contribution is 2.19. The number of aromatic nitrogens is 3. The first kappa shape index (κ1) is 17.9. The number of carbonyl (C=O) groups excluding carboxylic acids is 1. The van der Waals surface area contributed by atoms with Crippen LogP contribution < -0.4 is 10.6 Å². The average Bonchev–Trinajstić information content (AvgIpc) is 3.03. The van der Waals surface area contributed by atoms with Gasteiger partial charge in [-0.15, -0.1) is 0 Å². The van der Waals surface area contributed by atoms with E-state index in [2.05, 4.69) is 33.7 Å². The highest BCUT2D eigenvalue weighted by Gasteiger charge is 2.13. The normalized spacial score (nSPS) is 12.1. The number of aryl methyl sites for hydroxylation is 2. The summed E-state index contributed by atoms with van der Waals surface area (Å²) in [6, 6.07) is 12.1. The Labute approximate surface area is 153 Å². The second-order valence-electron chi connectivity index (χ2n) is 6.64. The first-order valence-corrected chi connectivity index (χ1v) is 8.91. The Morgan fingerprint density at radius 1 is 1.19 bits per heavy atom. The van der Waals surface area contributed by atoms with Crippen molar-refractivity contribution in [3.63, 3.8) is 0 Å². The van der Waals surface area contributed by atoms with E-state index in [-0.39, 0.29) is 11.8 Å². The van der Waals surface area contributed by atoms with Gasteiger partial charge in [0.15, 0.2) is 0 Å². The Morgan fingerprint density at radius 2 is 2.00 bits per heavy atom. The number of rotatable bonds is 7. The molecule has 0 saturated heterocycles. The van der Waals surface area contributed by atoms with E-state index in [4.69, 9.17) is 0 Å². The second-order valence-corrected chi connectivity index (χ2v) is 6.64. The third-order valence-electron chi connectivity index (χ3n) is 4.34. The van der Waals surface area contributed by atoms with Crippen molar-refractivity contribution in [1.82, 2.24) is 20.1 Å². The Morgan fingerprint density at radius 3 is 2.77 bits per heavy atom. The van der Waals surface area contributed by atoms with Crippen molar-refractivity contribution in [2.75, 3.05) is 18.4 Å². The van der Waals surface area contributed by atoms with Gasteiger partial charge in [0.1, 0.15) is 5.82 Å². The van der Waals surface area contributed by atoms with E-state index in [0.29, 0.717) is 19.6 Å². The molecule has 0 fully saturated rings. The molecule has 2 N–H and O–H groups in total. The molecule has 0 aliphatic carbocycles. The number of para-hydroxylation sites is 1. The van der Waals surface area contributed by atoms with Crippen LogP contribution in [-0.2, 0) is 11.3 Å². The molecule has 2 heterocycles. The van der Waals surface area contributed by atoms with E-state index in [0.717, 1.165) is 22.4 Å². The number of nitrogens with zero attached hydrogens (tertiary/aromatic N) is 3. The van der Waals surface area contributed by atoms with Crippen LogP contribution in [0.15, 0.2) is 42.6 Å². The third-order valence-corrected chi connectivity index (χ3v) is 4.34. The van der Waals surface area contributed by atoms with Gasteiger partial charge in [0.25, 0.3) is 0 Å². The summed E-state index contributed by atoms with van der Waals surface area (Å²) >= 11 is 0. The molecule has 26 heavy (non-hydrogen) atoms. The molecule has 1 atom stereocenters. The van der Waals surface area contributed by atoms with Gasteiger partial charge in [-0.05, 0) is 37.6 Å². The van der Waals surface area contributed by atoms with Crippen LogP contribution in [0.2, 0.25) is 0 Å². The number of carbonyl (C=O) groups is 1. The lowest BCUT2D eigenvalue weighted by Gasteiger charge is -2.13. The summed E-state index contributed by atoms with van der Waals surface area (Å²) < 4.78 is 1.81. The first-order valence-electron chi connectivity index (χ1n) is 8.91. The van der Waals surface area contributed by atoms with Crippen molar-refractivity contribution in [2.45, 2.75) is 27.3 Å². The zero-order valence-corrected chi connectivity index (χ0v) is 15.5. The number of hydrogen-bond acceptors (Lipinski definition) is 4. The molecule has 1 unspecified atom stereocenters. The standard InChI is InChI=1S/C20H25N5O/c1-14-12-19(23-18-7-5-4-6-17(14)18)21-9-10-22-20(26)15(2)13-25-11-8-16(3)24-25/h4-8,11-12,15H,9-10,13H2,1-3H3,(H,21,23)(H,22,26). The van der Waals surface area contributed by atoms with Crippen LogP contribution in [0, 0.1) is 19.8 Å². The van der Waals surface area contributed by atoms with E-state index in [1.54, 1.807) is 4.68 Å². The topological polar surface area (TPSA) is 71.8 Å². The number of benzene rings is 1. The number of fused-ring (bicyclic) bond motifs is 1. The molecule has 0 aliphatic heterocycles. The van der Waals surface area contributed by atoms with Crippen molar-refractivity contribution in [3.8, 4) is 0 Å². The van der Waals surface area contributed by atoms with Crippen molar-refractivity contribution in [2.24, 2.45) is 5.92 Å². The van der Waals surface area contributed by atoms with Gasteiger partial charge in [-0.1, -0.05) is 25.1 Å². The molecule has 0 saturated carbocycles. The lowest BCUT2D eigenvalue weighted by atomic mass is 10.1. The van der Waals surface area contributed by atoms with E-state index >= 15 is 0 Å². The summed E-state index contributed by atoms with van der Waals surface area (Å²) in [4.78, 5) is 16.8. The van der Waals surface area contributed by atoms with Crippen molar-refractivity contribution < 1.29 is 4.79 Å². The molecule has 2 aromatic heterocycles. The zero-order valence-electron chi connectivity index (χ0n) is 15.5. The first-order chi connectivity index (χ1) is 12.5. The highest BCUT2D eigenvalue weighted by molar-refractivity contribution is 5.83. The maximum absolute atomic E-state index is 12.2. The summed E-state index contributed by atoms with van der Waals surface area (Å²) in [7, 11) is 0. The lowest BCUT2D eigenvalue weighted by molar-refractivity contribution is -0.124. The smallest absolute Gasteiger partial charge is 0.224 e. The summed E-state index contributed by atoms with van der Waals surface area (Å²) in [5.41, 5.74) is 3.12. The van der Waals surface area contributed by atoms with Gasteiger partial charge in [-0.25, -0.2) is 4.98 Å². The maximum atomic E-state index is 12.2. The Kier molecular flexibility index (Phi) is 5.51. The fourth-order valence-corrected chi connectivity index (χ4v) is 2.92. The summed E-state index contributed by atoms with van der Waals surface area (Å²) in [5, 5.41) is 11.7. The average molecular weight is 351 g/mol. The van der Waals surface area contributed by atoms with Crippen LogP contribution in [0.4, 0.5) is 5.82 Å². The molecule has 3 rings (SSSR count). The molecule has 136 valence electrons. The summed E-state index contributed by atoms with van der Waals surface area (Å²) in [5.74, 6) is 0.730. The van der Waals surface area contributed by atoms with Crippen LogP contribution in [0.1, 0.15) is 18.2 Å². The van der Waals surface area contributed by atoms with Gasteiger partial charge in [0.05, 0.1) is 23.7 Å². The SMILES string of the molecule is Cc1ccn(CC(C)C(=O)NCCNc2cc(C)c3ccccc3n2)n1. The number of amides is 1. The largest absolute Gasteiger partial charge is 0.368 e. The Balaban J connectivity index is 1.47. The van der Waals surface area contributed by atoms with Gasteiger partial charge in [-0.2, -0.15) is 5.10 Å². The molecular formula is C20H25N5O. The molecule has 0 spiro atoms. The summed E-state index contributed by atoms with van der Waals surface area (Å²) in [6.45, 7) is 7.69. The molecule has 0 radical (unpaired) electrons. The van der Waals surface area contributed by atoms with Gasteiger partial charge in [0.2, 0.25) is 5.91 Å². The molecule has 0 bridgehead atoms. The number of nitrogens with one attached hydrogen (secondary N) is 2.